The van der Waals surface area contributed by atoms with E-state index < -0.39 is 0 Å². The summed E-state index contributed by atoms with van der Waals surface area (Å²) in [5, 5.41) is 0. The van der Waals surface area contributed by atoms with Gasteiger partial charge in [0.05, 0.1) is 13.2 Å². The molecule has 0 N–H and O–H groups in total. The van der Waals surface area contributed by atoms with Crippen LogP contribution in [0.25, 0.3) is 0 Å². The molecule has 0 atom stereocenters. The van der Waals surface area contributed by atoms with Crippen LogP contribution in [0.1, 0.15) is 39.2 Å². The van der Waals surface area contributed by atoms with E-state index in [1.54, 1.807) is 0 Å². The predicted molar refractivity (Wildman–Crippen MR) is 76.3 cm³/mol. The van der Waals surface area contributed by atoms with Gasteiger partial charge in [0.1, 0.15) is 5.75 Å². The van der Waals surface area contributed by atoms with Crippen LogP contribution in [0.15, 0.2) is 24.3 Å². The lowest BCUT2D eigenvalue weighted by molar-refractivity contribution is -0.143. The van der Waals surface area contributed by atoms with Gasteiger partial charge in [0.25, 0.3) is 0 Å². The van der Waals surface area contributed by atoms with Crippen molar-refractivity contribution < 1.29 is 14.3 Å². The summed E-state index contributed by atoms with van der Waals surface area (Å²) in [6, 6.07) is 8.02. The fraction of sp³-hybridized carbons (Fsp3) is 0.562. The highest BCUT2D eigenvalue weighted by Crippen LogP contribution is 2.20. The summed E-state index contributed by atoms with van der Waals surface area (Å²) in [7, 11) is 0. The van der Waals surface area contributed by atoms with Gasteiger partial charge in [0, 0.05) is 6.42 Å². The zero-order valence-corrected chi connectivity index (χ0v) is 12.1. The quantitative estimate of drug-likeness (QED) is 0.673. The van der Waals surface area contributed by atoms with Gasteiger partial charge in [-0.1, -0.05) is 32.0 Å². The summed E-state index contributed by atoms with van der Waals surface area (Å²) < 4.78 is 10.7. The summed E-state index contributed by atoms with van der Waals surface area (Å²) >= 11 is 0. The van der Waals surface area contributed by atoms with Crippen LogP contribution in [0, 0.1) is 5.92 Å². The third kappa shape index (κ3) is 6.27. The first kappa shape index (κ1) is 15.5. The molecule has 19 heavy (non-hydrogen) atoms. The molecule has 0 fully saturated rings. The van der Waals surface area contributed by atoms with Crippen molar-refractivity contribution in [3.63, 3.8) is 0 Å². The first-order chi connectivity index (χ1) is 9.13. The zero-order chi connectivity index (χ0) is 14.1. The van der Waals surface area contributed by atoms with Crippen molar-refractivity contribution in [2.45, 2.75) is 40.0 Å². The number of hydrogen-bond donors (Lipinski definition) is 0. The van der Waals surface area contributed by atoms with Crippen LogP contribution in [0.5, 0.6) is 5.75 Å². The molecular weight excluding hydrogens is 240 g/mol. The molecule has 0 spiro atoms. The molecule has 106 valence electrons. The van der Waals surface area contributed by atoms with Crippen molar-refractivity contribution in [3.05, 3.63) is 29.8 Å². The highest BCUT2D eigenvalue weighted by molar-refractivity contribution is 5.69. The Kier molecular flexibility index (Phi) is 7.01. The Labute approximate surface area is 115 Å². The lowest BCUT2D eigenvalue weighted by Gasteiger charge is -2.12. The zero-order valence-electron chi connectivity index (χ0n) is 12.1. The van der Waals surface area contributed by atoms with Gasteiger partial charge in [-0.15, -0.1) is 0 Å². The maximum Gasteiger partial charge on any atom is 0.305 e. The minimum atomic E-state index is -0.122. The first-order valence-electron chi connectivity index (χ1n) is 6.99. The Morgan fingerprint density at radius 3 is 2.68 bits per heavy atom. The highest BCUT2D eigenvalue weighted by atomic mass is 16.5. The molecule has 0 aromatic heterocycles. The number of para-hydroxylation sites is 1. The van der Waals surface area contributed by atoms with Crippen LogP contribution in [0.3, 0.4) is 0 Å². The molecule has 1 rings (SSSR count). The number of carbonyl (C=O) groups excluding carboxylic acids is 1. The lowest BCUT2D eigenvalue weighted by atomic mass is 10.1. The number of aryl methyl sites for hydroxylation is 1. The van der Waals surface area contributed by atoms with Crippen LogP contribution >= 0.6 is 0 Å². The molecule has 0 aliphatic carbocycles. The van der Waals surface area contributed by atoms with Gasteiger partial charge in [-0.05, 0) is 37.3 Å². The van der Waals surface area contributed by atoms with Crippen molar-refractivity contribution in [2.75, 3.05) is 13.2 Å². The summed E-state index contributed by atoms with van der Waals surface area (Å²) in [6.45, 7) is 7.25. The van der Waals surface area contributed by atoms with Crippen molar-refractivity contribution >= 4 is 5.97 Å². The van der Waals surface area contributed by atoms with E-state index in [2.05, 4.69) is 19.9 Å². The van der Waals surface area contributed by atoms with E-state index in [0.29, 0.717) is 18.9 Å². The molecule has 3 heteroatoms. The molecule has 0 radical (unpaired) electrons. The van der Waals surface area contributed by atoms with Crippen molar-refractivity contribution in [2.24, 2.45) is 5.92 Å². The Morgan fingerprint density at radius 2 is 2.00 bits per heavy atom. The summed E-state index contributed by atoms with van der Waals surface area (Å²) in [5.41, 5.74) is 1.16. The monoisotopic (exact) mass is 264 g/mol. The number of carbonyl (C=O) groups is 1. The topological polar surface area (TPSA) is 35.5 Å². The molecule has 1 aromatic carbocycles. The summed E-state index contributed by atoms with van der Waals surface area (Å²) in [5.74, 6) is 1.32. The second-order valence-corrected chi connectivity index (χ2v) is 4.97. The average Bonchev–Trinajstić information content (AvgIpc) is 2.38. The first-order valence-corrected chi connectivity index (χ1v) is 6.99. The predicted octanol–water partition coefficient (Wildman–Crippen LogP) is 3.61. The van der Waals surface area contributed by atoms with Gasteiger partial charge in [-0.2, -0.15) is 0 Å². The van der Waals surface area contributed by atoms with E-state index in [-0.39, 0.29) is 5.97 Å². The Bertz CT molecular complexity index is 385. The summed E-state index contributed by atoms with van der Waals surface area (Å²) in [6.07, 6.45) is 2.10. The van der Waals surface area contributed by atoms with Gasteiger partial charge in [0.15, 0.2) is 0 Å². The molecule has 0 bridgehead atoms. The lowest BCUT2D eigenvalue weighted by Crippen LogP contribution is -2.07. The fourth-order valence-electron chi connectivity index (χ4n) is 1.76. The maximum absolute atomic E-state index is 11.3. The van der Waals surface area contributed by atoms with E-state index in [4.69, 9.17) is 9.47 Å². The van der Waals surface area contributed by atoms with Crippen molar-refractivity contribution in [1.82, 2.24) is 0 Å². The Hall–Kier alpha value is -1.51. The second-order valence-electron chi connectivity index (χ2n) is 4.97. The van der Waals surface area contributed by atoms with Gasteiger partial charge >= 0.3 is 5.97 Å². The Morgan fingerprint density at radius 1 is 1.26 bits per heavy atom. The minimum Gasteiger partial charge on any atom is -0.493 e. The largest absolute Gasteiger partial charge is 0.493 e. The fourth-order valence-corrected chi connectivity index (χ4v) is 1.76. The number of ether oxygens (including phenoxy) is 2. The van der Waals surface area contributed by atoms with E-state index in [1.807, 2.05) is 25.1 Å². The van der Waals surface area contributed by atoms with Crippen LogP contribution in [-0.4, -0.2) is 19.2 Å². The molecule has 0 amide bonds. The van der Waals surface area contributed by atoms with E-state index >= 15 is 0 Å². The average molecular weight is 264 g/mol. The molecular formula is C16H24O3. The van der Waals surface area contributed by atoms with Crippen molar-refractivity contribution in [3.8, 4) is 5.75 Å². The third-order valence-corrected chi connectivity index (χ3v) is 2.68. The molecule has 0 saturated heterocycles. The minimum absolute atomic E-state index is 0.122. The standard InChI is InChI=1S/C16H24O3/c1-4-18-16(17)11-7-9-14-8-5-6-10-15(14)19-12-13(2)3/h5-6,8,10,13H,4,7,9,11-12H2,1-3H3. The van der Waals surface area contributed by atoms with Gasteiger partial charge in [-0.25, -0.2) is 0 Å². The number of benzene rings is 1. The van der Waals surface area contributed by atoms with Crippen LogP contribution in [0.2, 0.25) is 0 Å². The van der Waals surface area contributed by atoms with Crippen LogP contribution < -0.4 is 4.74 Å². The third-order valence-electron chi connectivity index (χ3n) is 2.68. The molecule has 3 nitrogen and oxygen atoms in total. The summed E-state index contributed by atoms with van der Waals surface area (Å²) in [4.78, 5) is 11.3. The van der Waals surface area contributed by atoms with Crippen molar-refractivity contribution in [1.29, 1.82) is 0 Å². The van der Waals surface area contributed by atoms with E-state index in [1.165, 1.54) is 0 Å². The number of esters is 1. The number of rotatable bonds is 8. The van der Waals surface area contributed by atoms with E-state index in [9.17, 15) is 4.79 Å². The molecule has 0 saturated carbocycles. The van der Waals surface area contributed by atoms with Gasteiger partial charge in [-0.3, -0.25) is 4.79 Å². The molecule has 0 heterocycles. The molecule has 0 unspecified atom stereocenters. The highest BCUT2D eigenvalue weighted by Gasteiger charge is 2.06. The van der Waals surface area contributed by atoms with Gasteiger partial charge < -0.3 is 9.47 Å². The smallest absolute Gasteiger partial charge is 0.305 e. The SMILES string of the molecule is CCOC(=O)CCCc1ccccc1OCC(C)C. The maximum atomic E-state index is 11.3. The normalized spacial score (nSPS) is 10.5. The van der Waals surface area contributed by atoms with E-state index in [0.717, 1.165) is 30.8 Å². The van der Waals surface area contributed by atoms with Crippen LogP contribution in [0.4, 0.5) is 0 Å². The van der Waals surface area contributed by atoms with Gasteiger partial charge in [0.2, 0.25) is 0 Å². The molecule has 0 aliphatic rings. The van der Waals surface area contributed by atoms with Crippen LogP contribution in [-0.2, 0) is 16.0 Å². The molecule has 1 aromatic rings. The second kappa shape index (κ2) is 8.57. The molecule has 0 aliphatic heterocycles. The number of hydrogen-bond acceptors (Lipinski definition) is 3. The Balaban J connectivity index is 2.46.